The fourth-order valence-electron chi connectivity index (χ4n) is 3.69. The molecule has 3 aromatic rings. The molecule has 5 heteroatoms. The molecule has 0 radical (unpaired) electrons. The van der Waals surface area contributed by atoms with Crippen LogP contribution in [-0.4, -0.2) is 29.4 Å². The minimum absolute atomic E-state index is 0.0542. The predicted octanol–water partition coefficient (Wildman–Crippen LogP) is 4.91. The Morgan fingerprint density at radius 3 is 2.06 bits per heavy atom. The van der Waals surface area contributed by atoms with Gasteiger partial charge >= 0.3 is 0 Å². The van der Waals surface area contributed by atoms with E-state index in [2.05, 4.69) is 5.32 Å². The van der Waals surface area contributed by atoms with E-state index in [1.807, 2.05) is 98.8 Å². The van der Waals surface area contributed by atoms with Crippen LogP contribution in [-0.2, 0) is 16.0 Å². The zero-order valence-corrected chi connectivity index (χ0v) is 18.2. The van der Waals surface area contributed by atoms with Crippen molar-refractivity contribution in [2.75, 3.05) is 11.9 Å². The smallest absolute Gasteiger partial charge is 0.278 e. The molecule has 1 N–H and O–H groups in total. The van der Waals surface area contributed by atoms with Crippen molar-refractivity contribution in [2.24, 2.45) is 0 Å². The van der Waals surface area contributed by atoms with Gasteiger partial charge in [-0.1, -0.05) is 60.7 Å². The lowest BCUT2D eigenvalue weighted by atomic mass is 10.0. The first-order valence-electron chi connectivity index (χ1n) is 10.8. The van der Waals surface area contributed by atoms with E-state index in [4.69, 9.17) is 4.74 Å². The maximum atomic E-state index is 13.4. The Labute approximate surface area is 188 Å². The van der Waals surface area contributed by atoms with Gasteiger partial charge < -0.3 is 10.1 Å². The van der Waals surface area contributed by atoms with E-state index in [0.29, 0.717) is 29.8 Å². The number of imide groups is 1. The molecule has 2 amide bonds. The van der Waals surface area contributed by atoms with E-state index < -0.39 is 0 Å². The topological polar surface area (TPSA) is 58.6 Å². The van der Waals surface area contributed by atoms with Crippen molar-refractivity contribution in [3.8, 4) is 5.75 Å². The number of carbonyl (C=O) groups is 2. The van der Waals surface area contributed by atoms with E-state index >= 15 is 0 Å². The fourth-order valence-corrected chi connectivity index (χ4v) is 3.69. The number of benzene rings is 3. The van der Waals surface area contributed by atoms with Crippen molar-refractivity contribution in [3.05, 3.63) is 102 Å². The van der Waals surface area contributed by atoms with Gasteiger partial charge in [-0.3, -0.25) is 14.5 Å². The van der Waals surface area contributed by atoms with Gasteiger partial charge in [-0.05, 0) is 55.7 Å². The maximum absolute atomic E-state index is 13.4. The van der Waals surface area contributed by atoms with E-state index in [9.17, 15) is 9.59 Å². The summed E-state index contributed by atoms with van der Waals surface area (Å²) in [6.45, 7) is 4.24. The number of para-hydroxylation sites is 1. The second-order valence-electron chi connectivity index (χ2n) is 7.93. The summed E-state index contributed by atoms with van der Waals surface area (Å²) in [7, 11) is 0. The van der Waals surface area contributed by atoms with Gasteiger partial charge in [0.15, 0.2) is 0 Å². The van der Waals surface area contributed by atoms with Crippen molar-refractivity contribution in [2.45, 2.75) is 26.4 Å². The molecular weight excluding hydrogens is 400 g/mol. The molecule has 0 aliphatic carbocycles. The van der Waals surface area contributed by atoms with Gasteiger partial charge in [0.2, 0.25) is 0 Å². The first-order chi connectivity index (χ1) is 15.5. The third-order valence-electron chi connectivity index (χ3n) is 5.19. The van der Waals surface area contributed by atoms with Crippen molar-refractivity contribution in [1.29, 1.82) is 0 Å². The minimum atomic E-state index is -0.313. The molecule has 0 atom stereocenters. The summed E-state index contributed by atoms with van der Waals surface area (Å²) >= 11 is 0. The van der Waals surface area contributed by atoms with Crippen LogP contribution in [0.25, 0.3) is 5.57 Å². The highest BCUT2D eigenvalue weighted by molar-refractivity contribution is 6.36. The monoisotopic (exact) mass is 426 g/mol. The van der Waals surface area contributed by atoms with Gasteiger partial charge in [0.05, 0.1) is 11.7 Å². The van der Waals surface area contributed by atoms with Gasteiger partial charge in [0.1, 0.15) is 11.4 Å². The van der Waals surface area contributed by atoms with Crippen molar-refractivity contribution >= 4 is 23.1 Å². The Bertz CT molecular complexity index is 1120. The Balaban J connectivity index is 1.64. The average molecular weight is 427 g/mol. The molecule has 0 fully saturated rings. The first kappa shape index (κ1) is 21.4. The van der Waals surface area contributed by atoms with Crippen LogP contribution in [0.1, 0.15) is 25.0 Å². The summed E-state index contributed by atoms with van der Waals surface area (Å²) in [6.07, 6.45) is 0.657. The number of nitrogens with one attached hydrogen (secondary N) is 1. The zero-order chi connectivity index (χ0) is 22.5. The second kappa shape index (κ2) is 9.52. The molecular formula is C27H26N2O3. The molecule has 4 rings (SSSR count). The third kappa shape index (κ3) is 4.72. The Morgan fingerprint density at radius 2 is 1.44 bits per heavy atom. The molecule has 162 valence electrons. The van der Waals surface area contributed by atoms with Gasteiger partial charge in [0, 0.05) is 12.2 Å². The summed E-state index contributed by atoms with van der Waals surface area (Å²) < 4.78 is 5.72. The minimum Gasteiger partial charge on any atom is -0.491 e. The van der Waals surface area contributed by atoms with Gasteiger partial charge in [-0.25, -0.2) is 0 Å². The number of carbonyl (C=O) groups excluding carboxylic acids is 2. The van der Waals surface area contributed by atoms with Crippen LogP contribution in [0.3, 0.4) is 0 Å². The van der Waals surface area contributed by atoms with Crippen molar-refractivity contribution < 1.29 is 14.3 Å². The molecule has 3 aromatic carbocycles. The Morgan fingerprint density at radius 1 is 0.812 bits per heavy atom. The van der Waals surface area contributed by atoms with E-state index in [-0.39, 0.29) is 17.9 Å². The second-order valence-corrected chi connectivity index (χ2v) is 7.93. The summed E-state index contributed by atoms with van der Waals surface area (Å²) in [5, 5.41) is 3.18. The summed E-state index contributed by atoms with van der Waals surface area (Å²) in [5.74, 6) is 0.119. The third-order valence-corrected chi connectivity index (χ3v) is 5.19. The highest BCUT2D eigenvalue weighted by atomic mass is 16.5. The molecule has 0 saturated heterocycles. The molecule has 0 spiro atoms. The lowest BCUT2D eigenvalue weighted by Gasteiger charge is -2.15. The SMILES string of the molecule is CC(C)Oc1ccc(C2=C(Nc3ccccc3)C(=O)N(CCc3ccccc3)C2=O)cc1. The molecule has 0 aromatic heterocycles. The lowest BCUT2D eigenvalue weighted by Crippen LogP contribution is -2.34. The Hall–Kier alpha value is -3.86. The highest BCUT2D eigenvalue weighted by Gasteiger charge is 2.38. The summed E-state index contributed by atoms with van der Waals surface area (Å²) in [4.78, 5) is 28.0. The molecule has 0 unspecified atom stereocenters. The molecule has 1 aliphatic rings. The van der Waals surface area contributed by atoms with Crippen LogP contribution in [0.2, 0.25) is 0 Å². The number of anilines is 1. The van der Waals surface area contributed by atoms with Gasteiger partial charge in [-0.15, -0.1) is 0 Å². The predicted molar refractivity (Wildman–Crippen MR) is 126 cm³/mol. The summed E-state index contributed by atoms with van der Waals surface area (Å²) in [5.41, 5.74) is 3.19. The normalized spacial score (nSPS) is 13.8. The number of nitrogens with zero attached hydrogens (tertiary/aromatic N) is 1. The summed E-state index contributed by atoms with van der Waals surface area (Å²) in [6, 6.07) is 26.6. The average Bonchev–Trinajstić information content (AvgIpc) is 3.03. The standard InChI is InChI=1S/C27H26N2O3/c1-19(2)32-23-15-13-21(14-16-23)24-25(28-22-11-7-4-8-12-22)27(31)29(26(24)30)18-17-20-9-5-3-6-10-20/h3-16,19,28H,17-18H2,1-2H3. The molecule has 1 aliphatic heterocycles. The molecule has 1 heterocycles. The van der Waals surface area contributed by atoms with Crippen molar-refractivity contribution in [1.82, 2.24) is 4.90 Å². The van der Waals surface area contributed by atoms with Gasteiger partial charge in [-0.2, -0.15) is 0 Å². The van der Waals surface area contributed by atoms with Crippen LogP contribution in [0.15, 0.2) is 90.6 Å². The number of hydrogen-bond acceptors (Lipinski definition) is 4. The largest absolute Gasteiger partial charge is 0.491 e. The first-order valence-corrected chi connectivity index (χ1v) is 10.8. The van der Waals surface area contributed by atoms with E-state index in [1.54, 1.807) is 0 Å². The number of ether oxygens (including phenoxy) is 1. The molecule has 0 bridgehead atoms. The fraction of sp³-hybridized carbons (Fsp3) is 0.185. The van der Waals surface area contributed by atoms with E-state index in [0.717, 1.165) is 17.0 Å². The quantitative estimate of drug-likeness (QED) is 0.520. The van der Waals surface area contributed by atoms with Crippen LogP contribution < -0.4 is 10.1 Å². The number of hydrogen-bond donors (Lipinski definition) is 1. The lowest BCUT2D eigenvalue weighted by molar-refractivity contribution is -0.136. The highest BCUT2D eigenvalue weighted by Crippen LogP contribution is 2.31. The van der Waals surface area contributed by atoms with Crippen LogP contribution in [0.5, 0.6) is 5.75 Å². The van der Waals surface area contributed by atoms with Crippen LogP contribution in [0, 0.1) is 0 Å². The Kier molecular flexibility index (Phi) is 6.36. The zero-order valence-electron chi connectivity index (χ0n) is 18.2. The van der Waals surface area contributed by atoms with Crippen molar-refractivity contribution in [3.63, 3.8) is 0 Å². The van der Waals surface area contributed by atoms with E-state index in [1.165, 1.54) is 4.90 Å². The molecule has 32 heavy (non-hydrogen) atoms. The maximum Gasteiger partial charge on any atom is 0.278 e. The molecule has 5 nitrogen and oxygen atoms in total. The van der Waals surface area contributed by atoms with Gasteiger partial charge in [0.25, 0.3) is 11.8 Å². The number of rotatable bonds is 8. The number of amides is 2. The van der Waals surface area contributed by atoms with Crippen LogP contribution >= 0.6 is 0 Å². The molecule has 0 saturated carbocycles. The van der Waals surface area contributed by atoms with Crippen LogP contribution in [0.4, 0.5) is 5.69 Å².